The summed E-state index contributed by atoms with van der Waals surface area (Å²) in [6, 6.07) is -8.43. The van der Waals surface area contributed by atoms with Crippen molar-refractivity contribution < 1.29 is 52.9 Å². The van der Waals surface area contributed by atoms with Crippen LogP contribution in [0.3, 0.4) is 0 Å². The number of aliphatic hydroxyl groups excluding tert-OH is 1. The molecule has 13 atom stereocenters. The maximum atomic E-state index is 14.3. The van der Waals surface area contributed by atoms with Gasteiger partial charge in [-0.25, -0.2) is 4.79 Å². The maximum Gasteiger partial charge on any atom is 0.331 e. The van der Waals surface area contributed by atoms with Crippen molar-refractivity contribution in [3.05, 3.63) is 0 Å². The lowest BCUT2D eigenvalue weighted by atomic mass is 9.96. The normalized spacial score (nSPS) is 27.0. The van der Waals surface area contributed by atoms with Crippen molar-refractivity contribution in [2.24, 2.45) is 29.6 Å². The van der Waals surface area contributed by atoms with Gasteiger partial charge in [-0.3, -0.25) is 33.6 Å². The quantitative estimate of drug-likeness (QED) is 0.0247. The Morgan fingerprint density at radius 1 is 0.537 bits per heavy atom. The van der Waals surface area contributed by atoms with E-state index >= 15 is 0 Å². The first-order chi connectivity index (χ1) is 39.1. The molecule has 3 fully saturated rings. The number of nitrogens with one attached hydrogen (secondary N) is 6. The first kappa shape index (κ1) is 71.9. The zero-order valence-electron chi connectivity index (χ0n) is 52.9. The molecule has 2 heterocycles. The molecule has 0 aromatic heterocycles. The predicted octanol–water partition coefficient (Wildman–Crippen LogP) is 9.01. The van der Waals surface area contributed by atoms with Gasteiger partial charge in [-0.05, 0) is 82.5 Å². The summed E-state index contributed by atoms with van der Waals surface area (Å²) >= 11 is 0. The van der Waals surface area contributed by atoms with Gasteiger partial charge in [-0.15, -0.1) is 0 Å². The number of hydrogen-bond acceptors (Lipinski definition) is 11. The third-order valence-corrected chi connectivity index (χ3v) is 17.6. The fourth-order valence-corrected chi connectivity index (χ4v) is 11.7. The van der Waals surface area contributed by atoms with Crippen LogP contribution >= 0.6 is 0 Å². The fraction of sp³-hybridized carbons (Fsp3) is 0.875. The molecular weight excluding hydrogens is 1040 g/mol. The van der Waals surface area contributed by atoms with Crippen LogP contribution in [0.4, 0.5) is 0 Å². The lowest BCUT2D eigenvalue weighted by molar-refractivity contribution is -0.158. The molecule has 13 unspecified atom stereocenters. The van der Waals surface area contributed by atoms with Crippen molar-refractivity contribution in [2.75, 3.05) is 13.7 Å². The molecule has 2 saturated heterocycles. The average Bonchev–Trinajstić information content (AvgIpc) is 4.01. The summed E-state index contributed by atoms with van der Waals surface area (Å²) in [5, 5.41) is 27.3. The number of carbonyl (C=O) groups is 8. The van der Waals surface area contributed by atoms with Crippen molar-refractivity contribution in [3.63, 3.8) is 0 Å². The van der Waals surface area contributed by atoms with E-state index in [0.717, 1.165) is 12.8 Å². The Morgan fingerprint density at radius 3 is 1.45 bits per heavy atom. The van der Waals surface area contributed by atoms with E-state index < -0.39 is 126 Å². The Balaban J connectivity index is 1.69. The van der Waals surface area contributed by atoms with Gasteiger partial charge in [-0.1, -0.05) is 196 Å². The summed E-state index contributed by atoms with van der Waals surface area (Å²) in [6.07, 6.45) is 28.8. The number of hydrogen-bond donors (Lipinski definition) is 7. The van der Waals surface area contributed by atoms with Gasteiger partial charge in [0.2, 0.25) is 41.4 Å². The number of fused-ring (bicyclic) bond motifs is 1. The van der Waals surface area contributed by atoms with Gasteiger partial charge >= 0.3 is 5.97 Å². The standard InChI is InChI=1S/C64H115N7O11/c1-12-14-15-16-17-18-19-20-21-22-23-24-25-26-27-28-29-30-31-32-35-48-40-49(48)36-33-37-50-41-52(73)66-56(46(9)72)62(78)68-53(42(3)4)59(75)65-45(8)63(79)71-39-34-38-51(71)58(74)69-55(44(7)13-2)61(77)67-54(43(5)6)60(76)70-57(47(10)81-11)64(80)82-50/h42-51,53-57,72H,12-41H2,1-11H3,(H,65,75)(H,66,73)(H,67,77)(H,68,78)(H,69,74)(H,70,76). The number of cyclic esters (lactones) is 1. The van der Waals surface area contributed by atoms with E-state index in [1.54, 1.807) is 41.5 Å². The highest BCUT2D eigenvalue weighted by Gasteiger charge is 2.42. The highest BCUT2D eigenvalue weighted by atomic mass is 16.5. The summed E-state index contributed by atoms with van der Waals surface area (Å²) in [5.41, 5.74) is 0. The molecule has 3 rings (SSSR count). The van der Waals surface area contributed by atoms with Crippen LogP contribution in [0.15, 0.2) is 0 Å². The first-order valence-electron chi connectivity index (χ1n) is 32.7. The largest absolute Gasteiger partial charge is 0.460 e. The Hall–Kier alpha value is -4.32. The molecule has 7 amide bonds. The molecule has 0 aromatic carbocycles. The van der Waals surface area contributed by atoms with E-state index in [-0.39, 0.29) is 13.0 Å². The molecule has 1 saturated carbocycles. The molecule has 3 aliphatic rings. The van der Waals surface area contributed by atoms with Gasteiger partial charge in [0, 0.05) is 13.7 Å². The number of nitrogens with zero attached hydrogens (tertiary/aromatic N) is 1. The van der Waals surface area contributed by atoms with Crippen LogP contribution in [0.5, 0.6) is 0 Å². The Bertz CT molecular complexity index is 1940. The van der Waals surface area contributed by atoms with E-state index in [1.807, 2.05) is 6.92 Å². The number of methoxy groups -OCH3 is 1. The number of amides is 7. The molecular formula is C64H115N7O11. The number of unbranched alkanes of at least 4 members (excludes halogenated alkanes) is 19. The maximum absolute atomic E-state index is 14.3. The predicted molar refractivity (Wildman–Crippen MR) is 322 cm³/mol. The van der Waals surface area contributed by atoms with Gasteiger partial charge in [-0.2, -0.15) is 0 Å². The number of rotatable bonds is 32. The lowest BCUT2D eigenvalue weighted by Crippen LogP contribution is -2.61. The minimum absolute atomic E-state index is 0.220. The highest BCUT2D eigenvalue weighted by molar-refractivity contribution is 5.98. The summed E-state index contributed by atoms with van der Waals surface area (Å²) in [4.78, 5) is 114. The molecule has 0 spiro atoms. The van der Waals surface area contributed by atoms with Crippen molar-refractivity contribution in [1.82, 2.24) is 36.8 Å². The zero-order chi connectivity index (χ0) is 60.7. The van der Waals surface area contributed by atoms with Crippen molar-refractivity contribution in [2.45, 2.75) is 316 Å². The van der Waals surface area contributed by atoms with Crippen LogP contribution in [0.2, 0.25) is 0 Å². The lowest BCUT2D eigenvalue weighted by Gasteiger charge is -2.32. The third kappa shape index (κ3) is 25.9. The van der Waals surface area contributed by atoms with Crippen LogP contribution in [-0.4, -0.2) is 132 Å². The molecule has 7 N–H and O–H groups in total. The van der Waals surface area contributed by atoms with Crippen LogP contribution in [0.25, 0.3) is 0 Å². The molecule has 2 aliphatic heterocycles. The van der Waals surface area contributed by atoms with Crippen LogP contribution in [-0.2, 0) is 47.8 Å². The zero-order valence-corrected chi connectivity index (χ0v) is 52.9. The van der Waals surface area contributed by atoms with Gasteiger partial charge in [0.05, 0.1) is 18.6 Å². The molecule has 1 aliphatic carbocycles. The fourth-order valence-electron chi connectivity index (χ4n) is 11.7. The monoisotopic (exact) mass is 1160 g/mol. The number of esters is 1. The molecule has 82 heavy (non-hydrogen) atoms. The Labute approximate surface area is 494 Å². The molecule has 472 valence electrons. The van der Waals surface area contributed by atoms with Crippen molar-refractivity contribution in [3.8, 4) is 0 Å². The molecule has 18 nitrogen and oxygen atoms in total. The smallest absolute Gasteiger partial charge is 0.331 e. The number of ether oxygens (including phenoxy) is 2. The van der Waals surface area contributed by atoms with Crippen molar-refractivity contribution >= 4 is 47.3 Å². The third-order valence-electron chi connectivity index (χ3n) is 17.6. The van der Waals surface area contributed by atoms with Crippen molar-refractivity contribution in [1.29, 1.82) is 0 Å². The van der Waals surface area contributed by atoms with Gasteiger partial charge < -0.3 is 51.4 Å². The summed E-state index contributed by atoms with van der Waals surface area (Å²) in [6.45, 7) is 17.4. The van der Waals surface area contributed by atoms with Gasteiger partial charge in [0.25, 0.3) is 0 Å². The summed E-state index contributed by atoms with van der Waals surface area (Å²) in [5.74, 6) is -5.72. The molecule has 0 radical (unpaired) electrons. The van der Waals surface area contributed by atoms with Crippen LogP contribution < -0.4 is 31.9 Å². The molecule has 0 bridgehead atoms. The second-order valence-electron chi connectivity index (χ2n) is 25.4. The number of aliphatic hydroxyl groups is 1. The van der Waals surface area contributed by atoms with Gasteiger partial charge in [0.1, 0.15) is 42.4 Å². The summed E-state index contributed by atoms with van der Waals surface area (Å²) in [7, 11) is 1.38. The minimum atomic E-state index is -1.51. The molecule has 18 heteroatoms. The average molecular weight is 1160 g/mol. The Morgan fingerprint density at radius 2 is 0.976 bits per heavy atom. The highest BCUT2D eigenvalue weighted by Crippen LogP contribution is 2.46. The second kappa shape index (κ2) is 39.3. The Kier molecular flexibility index (Phi) is 34.5. The minimum Gasteiger partial charge on any atom is -0.460 e. The van der Waals surface area contributed by atoms with Crippen LogP contribution in [0.1, 0.15) is 255 Å². The first-order valence-corrected chi connectivity index (χ1v) is 32.7. The van der Waals surface area contributed by atoms with E-state index in [1.165, 1.54) is 161 Å². The summed E-state index contributed by atoms with van der Waals surface area (Å²) < 4.78 is 11.7. The SMILES string of the molecule is CCCCCCCCCCCCCCCCCCCCCCC1CC1CCCC1CC(=O)NC(C(C)O)C(=O)NC(C(C)C)C(=O)NC(C)C(=O)N2CCCC2C(=O)NC(C(C)CC)C(=O)NC(C(C)C)C(=O)NC(C(C)OC)C(=O)O1. The second-order valence-corrected chi connectivity index (χ2v) is 25.4. The van der Waals surface area contributed by atoms with E-state index in [4.69, 9.17) is 9.47 Å². The molecule has 0 aromatic rings. The van der Waals surface area contributed by atoms with E-state index in [2.05, 4.69) is 38.8 Å². The number of carbonyl (C=O) groups excluding carboxylic acids is 8. The van der Waals surface area contributed by atoms with Gasteiger partial charge in [0.15, 0.2) is 6.04 Å². The van der Waals surface area contributed by atoms with E-state index in [9.17, 15) is 43.5 Å². The topological polar surface area (TPSA) is 251 Å². The van der Waals surface area contributed by atoms with E-state index in [0.29, 0.717) is 43.9 Å². The van der Waals surface area contributed by atoms with Crippen LogP contribution in [0, 0.1) is 29.6 Å².